The number of nitriles is 1. The Morgan fingerprint density at radius 1 is 1.21 bits per heavy atom. The molecule has 0 spiro atoms. The quantitative estimate of drug-likeness (QED) is 0.361. The molecule has 1 aliphatic heterocycles. The third-order valence-electron chi connectivity index (χ3n) is 2.45. The normalized spacial score (nSPS) is 11.3. The lowest BCUT2D eigenvalue weighted by atomic mass is 10.3. The van der Waals surface area contributed by atoms with Crippen molar-refractivity contribution in [3.8, 4) is 6.07 Å². The van der Waals surface area contributed by atoms with Gasteiger partial charge in [0.05, 0.1) is 18.9 Å². The second-order valence-corrected chi connectivity index (χ2v) is 4.29. The van der Waals surface area contributed by atoms with Gasteiger partial charge in [0.2, 0.25) is 0 Å². The number of anilines is 1. The summed E-state index contributed by atoms with van der Waals surface area (Å²) in [6.07, 6.45) is 3.73. The van der Waals surface area contributed by atoms with Crippen LogP contribution in [0.4, 0.5) is 5.69 Å². The summed E-state index contributed by atoms with van der Waals surface area (Å²) in [6.45, 7) is 8.07. The molecule has 1 aromatic rings. The first kappa shape index (κ1) is 20.5. The molecule has 2 amide bonds. The first-order chi connectivity index (χ1) is 11.4. The maximum Gasteiger partial charge on any atom is 0.332 e. The summed E-state index contributed by atoms with van der Waals surface area (Å²) in [5.74, 6) is -0.910. The SMILES string of the molecule is C=C(C)C(=O)OC.C=CC#N.O=C1C=CC(=O)N1c1ccccc1. The van der Waals surface area contributed by atoms with Crippen LogP contribution in [0, 0.1) is 11.3 Å². The third-order valence-corrected chi connectivity index (χ3v) is 2.45. The van der Waals surface area contributed by atoms with Crippen molar-refractivity contribution in [1.29, 1.82) is 5.26 Å². The molecule has 0 aliphatic carbocycles. The molecule has 124 valence electrons. The van der Waals surface area contributed by atoms with E-state index in [9.17, 15) is 14.4 Å². The second kappa shape index (κ2) is 11.2. The average molecular weight is 326 g/mol. The van der Waals surface area contributed by atoms with E-state index in [1.165, 1.54) is 25.3 Å². The summed E-state index contributed by atoms with van der Waals surface area (Å²) in [6, 6.07) is 10.6. The third kappa shape index (κ3) is 7.00. The average Bonchev–Trinajstić information content (AvgIpc) is 2.94. The van der Waals surface area contributed by atoms with Crippen LogP contribution in [0.5, 0.6) is 0 Å². The highest BCUT2D eigenvalue weighted by Crippen LogP contribution is 2.17. The molecule has 0 radical (unpaired) electrons. The number of para-hydroxylation sites is 1. The molecule has 1 aliphatic rings. The monoisotopic (exact) mass is 326 g/mol. The number of carbonyl (C=O) groups is 3. The fraction of sp³-hybridized carbons (Fsp3) is 0.111. The van der Waals surface area contributed by atoms with Crippen molar-refractivity contribution in [3.05, 3.63) is 67.3 Å². The van der Waals surface area contributed by atoms with Gasteiger partial charge >= 0.3 is 5.97 Å². The zero-order valence-electron chi connectivity index (χ0n) is 13.6. The van der Waals surface area contributed by atoms with Crippen LogP contribution in [-0.2, 0) is 19.1 Å². The maximum atomic E-state index is 11.2. The van der Waals surface area contributed by atoms with Crippen molar-refractivity contribution in [2.45, 2.75) is 6.92 Å². The van der Waals surface area contributed by atoms with Crippen LogP contribution in [0.1, 0.15) is 6.92 Å². The molecule has 0 saturated carbocycles. The molecule has 1 heterocycles. The Labute approximate surface area is 140 Å². The van der Waals surface area contributed by atoms with Gasteiger partial charge in [-0.3, -0.25) is 9.59 Å². The molecule has 0 fully saturated rings. The van der Waals surface area contributed by atoms with E-state index in [1.807, 2.05) is 6.07 Å². The Kier molecular flexibility index (Phi) is 9.55. The Bertz CT molecular complexity index is 667. The smallest absolute Gasteiger partial charge is 0.332 e. The summed E-state index contributed by atoms with van der Waals surface area (Å²) in [4.78, 5) is 33.7. The van der Waals surface area contributed by atoms with Gasteiger partial charge in [-0.15, -0.1) is 0 Å². The number of benzene rings is 1. The summed E-state index contributed by atoms with van der Waals surface area (Å²) < 4.78 is 4.27. The van der Waals surface area contributed by atoms with E-state index in [-0.39, 0.29) is 17.8 Å². The highest BCUT2D eigenvalue weighted by Gasteiger charge is 2.24. The minimum absolute atomic E-state index is 0.281. The lowest BCUT2D eigenvalue weighted by molar-refractivity contribution is -0.136. The van der Waals surface area contributed by atoms with E-state index < -0.39 is 0 Å². The van der Waals surface area contributed by atoms with Crippen LogP contribution in [0.2, 0.25) is 0 Å². The zero-order chi connectivity index (χ0) is 18.5. The molecule has 2 rings (SSSR count). The number of carbonyl (C=O) groups excluding carboxylic acids is 3. The summed E-state index contributed by atoms with van der Waals surface area (Å²) in [5, 5.41) is 7.51. The molecule has 6 heteroatoms. The zero-order valence-corrected chi connectivity index (χ0v) is 13.6. The number of rotatable bonds is 2. The van der Waals surface area contributed by atoms with Crippen molar-refractivity contribution < 1.29 is 19.1 Å². The van der Waals surface area contributed by atoms with Crippen molar-refractivity contribution in [1.82, 2.24) is 0 Å². The van der Waals surface area contributed by atoms with Gasteiger partial charge in [-0.05, 0) is 19.1 Å². The number of ether oxygens (including phenoxy) is 1. The van der Waals surface area contributed by atoms with Crippen molar-refractivity contribution in [3.63, 3.8) is 0 Å². The molecule has 0 atom stereocenters. The van der Waals surface area contributed by atoms with Crippen LogP contribution in [0.25, 0.3) is 0 Å². The summed E-state index contributed by atoms with van der Waals surface area (Å²) >= 11 is 0. The van der Waals surface area contributed by atoms with E-state index in [1.54, 1.807) is 37.3 Å². The molecule has 0 saturated heterocycles. The summed E-state index contributed by atoms with van der Waals surface area (Å²) in [5.41, 5.74) is 1.05. The van der Waals surface area contributed by atoms with Crippen LogP contribution in [-0.4, -0.2) is 24.9 Å². The Balaban J connectivity index is 0.000000408. The number of esters is 1. The minimum atomic E-state index is -0.347. The lowest BCUT2D eigenvalue weighted by Gasteiger charge is -2.12. The highest BCUT2D eigenvalue weighted by atomic mass is 16.5. The molecule has 0 unspecified atom stereocenters. The van der Waals surface area contributed by atoms with Crippen molar-refractivity contribution in [2.75, 3.05) is 12.0 Å². The number of imide groups is 1. The number of hydrogen-bond donors (Lipinski definition) is 0. The van der Waals surface area contributed by atoms with Gasteiger partial charge in [0.25, 0.3) is 11.8 Å². The highest BCUT2D eigenvalue weighted by molar-refractivity contribution is 6.28. The molecular formula is C18H18N2O4. The standard InChI is InChI=1S/C10H7NO2.C5H8O2.C3H3N/c12-9-6-7-10(13)11(9)8-4-2-1-3-5-8;1-4(2)5(6)7-3;1-2-3-4/h1-7H;1H2,2-3H3;2H,1H2. The van der Waals surface area contributed by atoms with Crippen LogP contribution >= 0.6 is 0 Å². The maximum absolute atomic E-state index is 11.2. The molecule has 6 nitrogen and oxygen atoms in total. The molecular weight excluding hydrogens is 308 g/mol. The van der Waals surface area contributed by atoms with Crippen molar-refractivity contribution >= 4 is 23.5 Å². The van der Waals surface area contributed by atoms with E-state index in [0.717, 1.165) is 4.90 Å². The molecule has 24 heavy (non-hydrogen) atoms. The molecule has 0 aromatic heterocycles. The Morgan fingerprint density at radius 2 is 1.67 bits per heavy atom. The molecule has 0 bridgehead atoms. The number of allylic oxidation sites excluding steroid dienone is 1. The van der Waals surface area contributed by atoms with Gasteiger partial charge in [0.1, 0.15) is 0 Å². The largest absolute Gasteiger partial charge is 0.466 e. The van der Waals surface area contributed by atoms with Crippen LogP contribution < -0.4 is 4.90 Å². The molecule has 0 N–H and O–H groups in total. The first-order valence-electron chi connectivity index (χ1n) is 6.74. The fourth-order valence-corrected chi connectivity index (χ4v) is 1.41. The number of methoxy groups -OCH3 is 1. The van der Waals surface area contributed by atoms with Gasteiger partial charge in [0.15, 0.2) is 0 Å². The van der Waals surface area contributed by atoms with E-state index in [4.69, 9.17) is 5.26 Å². The number of hydrogen-bond acceptors (Lipinski definition) is 5. The predicted molar refractivity (Wildman–Crippen MR) is 90.7 cm³/mol. The lowest BCUT2D eigenvalue weighted by Crippen LogP contribution is -2.29. The molecule has 1 aromatic carbocycles. The number of nitrogens with zero attached hydrogens (tertiary/aromatic N) is 2. The van der Waals surface area contributed by atoms with E-state index in [0.29, 0.717) is 11.3 Å². The van der Waals surface area contributed by atoms with Gasteiger partial charge in [-0.1, -0.05) is 31.4 Å². The number of amides is 2. The van der Waals surface area contributed by atoms with E-state index in [2.05, 4.69) is 17.9 Å². The van der Waals surface area contributed by atoms with Gasteiger partial charge < -0.3 is 4.74 Å². The second-order valence-electron chi connectivity index (χ2n) is 4.29. The fourth-order valence-electron chi connectivity index (χ4n) is 1.41. The van der Waals surface area contributed by atoms with Crippen LogP contribution in [0.15, 0.2) is 67.3 Å². The van der Waals surface area contributed by atoms with Gasteiger partial charge in [-0.2, -0.15) is 5.26 Å². The topological polar surface area (TPSA) is 87.5 Å². The van der Waals surface area contributed by atoms with E-state index >= 15 is 0 Å². The Morgan fingerprint density at radius 3 is 1.96 bits per heavy atom. The predicted octanol–water partition coefficient (Wildman–Crippen LogP) is 2.55. The minimum Gasteiger partial charge on any atom is -0.466 e. The van der Waals surface area contributed by atoms with Crippen molar-refractivity contribution in [2.24, 2.45) is 0 Å². The van der Waals surface area contributed by atoms with Gasteiger partial charge in [-0.25, -0.2) is 9.69 Å². The van der Waals surface area contributed by atoms with Crippen LogP contribution in [0.3, 0.4) is 0 Å². The van der Waals surface area contributed by atoms with Gasteiger partial charge in [0, 0.05) is 23.8 Å². The Hall–Kier alpha value is -3.46. The summed E-state index contributed by atoms with van der Waals surface area (Å²) in [7, 11) is 1.33. The first-order valence-corrected chi connectivity index (χ1v) is 6.74.